The van der Waals surface area contributed by atoms with E-state index in [2.05, 4.69) is 20.7 Å². The number of alkyl halides is 3. The summed E-state index contributed by atoms with van der Waals surface area (Å²) in [6.07, 6.45) is -5.83. The number of likely N-dealkylation sites (tertiary alicyclic amines) is 1. The largest absolute Gasteiger partial charge is 0.573 e. The van der Waals surface area contributed by atoms with Crippen molar-refractivity contribution in [2.75, 3.05) is 0 Å². The van der Waals surface area contributed by atoms with Crippen molar-refractivity contribution in [2.45, 2.75) is 45.2 Å². The molecule has 2 amide bonds. The zero-order chi connectivity index (χ0) is 24.6. The maximum atomic E-state index is 13.2. The molecule has 1 saturated heterocycles. The summed E-state index contributed by atoms with van der Waals surface area (Å²) in [7, 11) is 0. The van der Waals surface area contributed by atoms with Gasteiger partial charge in [-0.2, -0.15) is 0 Å². The molecule has 2 aromatic carbocycles. The van der Waals surface area contributed by atoms with Gasteiger partial charge in [-0.25, -0.2) is 9.69 Å². The summed E-state index contributed by atoms with van der Waals surface area (Å²) in [6.45, 7) is 4.90. The molecule has 2 unspecified atom stereocenters. The van der Waals surface area contributed by atoms with Crippen LogP contribution in [-0.2, 0) is 9.53 Å². The smallest absolute Gasteiger partial charge is 0.443 e. The van der Waals surface area contributed by atoms with E-state index in [-0.39, 0.29) is 12.0 Å². The number of carbonyl (C=O) groups excluding carboxylic acids is 3. The molecule has 0 bridgehead atoms. The Hall–Kier alpha value is -2.88. The van der Waals surface area contributed by atoms with E-state index in [9.17, 15) is 27.6 Å². The summed E-state index contributed by atoms with van der Waals surface area (Å²) in [6, 6.07) is 10.5. The second kappa shape index (κ2) is 9.17. The topological polar surface area (TPSA) is 72.9 Å². The second-order valence-corrected chi connectivity index (χ2v) is 9.31. The predicted octanol–water partition coefficient (Wildman–Crippen LogP) is 6.06. The molecule has 6 nitrogen and oxygen atoms in total. The SMILES string of the molecule is CC(C)(C)OC(=O)N1C(=O)C(C(=O)c2ccccc2Br)CC1c1ccc(OC(F)(F)F)cc1. The van der Waals surface area contributed by atoms with Crippen LogP contribution >= 0.6 is 15.9 Å². The Kier molecular flexibility index (Phi) is 6.88. The summed E-state index contributed by atoms with van der Waals surface area (Å²) in [5.41, 5.74) is -0.252. The lowest BCUT2D eigenvalue weighted by Crippen LogP contribution is -2.40. The number of ketones is 1. The standard InChI is InChI=1S/C23H21BrF3NO5/c1-22(2,3)33-21(31)28-18(13-8-10-14(11-9-13)32-23(25,26)27)12-16(20(28)30)19(29)15-6-4-5-7-17(15)24/h4-11,16,18H,12H2,1-3H3. The molecule has 2 atom stereocenters. The molecular weight excluding hydrogens is 507 g/mol. The maximum Gasteiger partial charge on any atom is 0.573 e. The fraction of sp³-hybridized carbons (Fsp3) is 0.348. The highest BCUT2D eigenvalue weighted by Crippen LogP contribution is 2.40. The van der Waals surface area contributed by atoms with Crippen molar-refractivity contribution in [3.63, 3.8) is 0 Å². The molecule has 0 aliphatic carbocycles. The van der Waals surface area contributed by atoms with Gasteiger partial charge in [-0.05, 0) is 51.0 Å². The number of nitrogens with zero attached hydrogens (tertiary/aromatic N) is 1. The Morgan fingerprint density at radius 1 is 1.03 bits per heavy atom. The summed E-state index contributed by atoms with van der Waals surface area (Å²) in [4.78, 5) is 40.1. The predicted molar refractivity (Wildman–Crippen MR) is 116 cm³/mol. The fourth-order valence-corrected chi connectivity index (χ4v) is 4.00. The van der Waals surface area contributed by atoms with Crippen molar-refractivity contribution in [3.8, 4) is 5.75 Å². The van der Waals surface area contributed by atoms with Crippen LogP contribution in [0.4, 0.5) is 18.0 Å². The first-order valence-corrected chi connectivity index (χ1v) is 10.8. The van der Waals surface area contributed by atoms with Crippen LogP contribution in [0.25, 0.3) is 0 Å². The molecule has 3 rings (SSSR count). The van der Waals surface area contributed by atoms with E-state index < -0.39 is 47.5 Å². The minimum absolute atomic E-state index is 0.0439. The number of Topliss-reactive ketones (excluding diaryl/α,β-unsaturated/α-hetero) is 1. The van der Waals surface area contributed by atoms with Gasteiger partial charge in [0, 0.05) is 10.0 Å². The number of amides is 2. The molecule has 2 aromatic rings. The minimum Gasteiger partial charge on any atom is -0.443 e. The molecule has 1 aliphatic rings. The number of imide groups is 1. The lowest BCUT2D eigenvalue weighted by molar-refractivity contribution is -0.274. The highest BCUT2D eigenvalue weighted by molar-refractivity contribution is 9.10. The van der Waals surface area contributed by atoms with Crippen molar-refractivity contribution < 1.29 is 37.0 Å². The average molecular weight is 528 g/mol. The van der Waals surface area contributed by atoms with E-state index in [0.717, 1.165) is 17.0 Å². The quantitative estimate of drug-likeness (QED) is 0.357. The van der Waals surface area contributed by atoms with Crippen LogP contribution in [0.5, 0.6) is 5.75 Å². The Labute approximate surface area is 196 Å². The molecule has 33 heavy (non-hydrogen) atoms. The molecular formula is C23H21BrF3NO5. The summed E-state index contributed by atoms with van der Waals surface area (Å²) in [5, 5.41) is 0. The fourth-order valence-electron chi connectivity index (χ4n) is 3.52. The van der Waals surface area contributed by atoms with Crippen LogP contribution in [0.1, 0.15) is 49.2 Å². The molecule has 0 N–H and O–H groups in total. The van der Waals surface area contributed by atoms with Gasteiger partial charge in [0.2, 0.25) is 5.91 Å². The molecule has 1 fully saturated rings. The van der Waals surface area contributed by atoms with Gasteiger partial charge in [-0.1, -0.05) is 46.3 Å². The molecule has 10 heteroatoms. The summed E-state index contributed by atoms with van der Waals surface area (Å²) >= 11 is 3.30. The van der Waals surface area contributed by atoms with Crippen LogP contribution < -0.4 is 4.74 Å². The Morgan fingerprint density at radius 3 is 2.18 bits per heavy atom. The van der Waals surface area contributed by atoms with Gasteiger partial charge < -0.3 is 9.47 Å². The van der Waals surface area contributed by atoms with Crippen LogP contribution in [-0.4, -0.2) is 34.6 Å². The number of carbonyl (C=O) groups is 3. The summed E-state index contributed by atoms with van der Waals surface area (Å²) < 4.78 is 47.2. The Morgan fingerprint density at radius 2 is 1.64 bits per heavy atom. The molecule has 1 aliphatic heterocycles. The van der Waals surface area contributed by atoms with Gasteiger partial charge in [0.05, 0.1) is 6.04 Å². The number of hydrogen-bond acceptors (Lipinski definition) is 5. The monoisotopic (exact) mass is 527 g/mol. The number of halogens is 4. The zero-order valence-electron chi connectivity index (χ0n) is 18.0. The van der Waals surface area contributed by atoms with Crippen molar-refractivity contribution in [1.29, 1.82) is 0 Å². The summed E-state index contributed by atoms with van der Waals surface area (Å²) in [5.74, 6) is -2.81. The third-order valence-corrected chi connectivity index (χ3v) is 5.54. The first kappa shape index (κ1) is 24.8. The zero-order valence-corrected chi connectivity index (χ0v) is 19.6. The van der Waals surface area contributed by atoms with Gasteiger partial charge in [-0.3, -0.25) is 9.59 Å². The first-order chi connectivity index (χ1) is 15.3. The van der Waals surface area contributed by atoms with E-state index in [1.54, 1.807) is 45.0 Å². The van der Waals surface area contributed by atoms with Crippen molar-refractivity contribution in [1.82, 2.24) is 4.90 Å². The van der Waals surface area contributed by atoms with Gasteiger partial charge in [0.15, 0.2) is 5.78 Å². The third kappa shape index (κ3) is 5.93. The van der Waals surface area contributed by atoms with Gasteiger partial charge in [0.25, 0.3) is 0 Å². The molecule has 176 valence electrons. The Balaban J connectivity index is 1.95. The molecule has 0 aromatic heterocycles. The van der Waals surface area contributed by atoms with Crippen LogP contribution in [0.15, 0.2) is 53.0 Å². The van der Waals surface area contributed by atoms with Crippen molar-refractivity contribution >= 4 is 33.7 Å². The third-order valence-electron chi connectivity index (χ3n) is 4.85. The van der Waals surface area contributed by atoms with E-state index >= 15 is 0 Å². The van der Waals surface area contributed by atoms with E-state index in [1.807, 2.05) is 0 Å². The van der Waals surface area contributed by atoms with E-state index in [0.29, 0.717) is 10.0 Å². The van der Waals surface area contributed by atoms with Crippen molar-refractivity contribution in [2.24, 2.45) is 5.92 Å². The number of ether oxygens (including phenoxy) is 2. The number of benzene rings is 2. The molecule has 0 spiro atoms. The number of hydrogen-bond donors (Lipinski definition) is 0. The highest BCUT2D eigenvalue weighted by Gasteiger charge is 2.48. The molecule has 0 saturated carbocycles. The number of rotatable bonds is 4. The van der Waals surface area contributed by atoms with Crippen LogP contribution in [0.2, 0.25) is 0 Å². The lowest BCUT2D eigenvalue weighted by Gasteiger charge is -2.27. The maximum absolute atomic E-state index is 13.2. The van der Waals surface area contributed by atoms with Crippen LogP contribution in [0, 0.1) is 5.92 Å². The second-order valence-electron chi connectivity index (χ2n) is 8.45. The molecule has 0 radical (unpaired) electrons. The lowest BCUT2D eigenvalue weighted by atomic mass is 9.92. The van der Waals surface area contributed by atoms with Gasteiger partial charge >= 0.3 is 12.5 Å². The minimum atomic E-state index is -4.85. The highest BCUT2D eigenvalue weighted by atomic mass is 79.9. The first-order valence-electron chi connectivity index (χ1n) is 9.97. The normalized spacial score (nSPS) is 18.9. The Bertz CT molecular complexity index is 1060. The van der Waals surface area contributed by atoms with Gasteiger partial charge in [0.1, 0.15) is 17.3 Å². The van der Waals surface area contributed by atoms with Gasteiger partial charge in [-0.15, -0.1) is 13.2 Å². The molecule has 1 heterocycles. The average Bonchev–Trinajstić information content (AvgIpc) is 3.03. The van der Waals surface area contributed by atoms with E-state index in [1.165, 1.54) is 12.1 Å². The van der Waals surface area contributed by atoms with E-state index in [4.69, 9.17) is 4.74 Å². The van der Waals surface area contributed by atoms with Crippen molar-refractivity contribution in [3.05, 3.63) is 64.1 Å². The van der Waals surface area contributed by atoms with Crippen LogP contribution in [0.3, 0.4) is 0 Å².